The van der Waals surface area contributed by atoms with Gasteiger partial charge >= 0.3 is 0 Å². The molecular formula is C13H16N2O3. The number of hydrogen-bond acceptors (Lipinski definition) is 4. The lowest BCUT2D eigenvalue weighted by Gasteiger charge is -2.14. The van der Waals surface area contributed by atoms with Crippen LogP contribution in [0.25, 0.3) is 0 Å². The maximum absolute atomic E-state index is 10.7. The first-order chi connectivity index (χ1) is 8.60. The Morgan fingerprint density at radius 3 is 2.83 bits per heavy atom. The number of nitro benzene ring substituents is 1. The third kappa shape index (κ3) is 2.68. The van der Waals surface area contributed by atoms with Crippen LogP contribution >= 0.6 is 0 Å². The van der Waals surface area contributed by atoms with Gasteiger partial charge in [-0.25, -0.2) is 0 Å². The highest BCUT2D eigenvalue weighted by molar-refractivity contribution is 5.54. The van der Waals surface area contributed by atoms with E-state index in [0.29, 0.717) is 5.56 Å². The topological polar surface area (TPSA) is 75.4 Å². The number of anilines is 1. The number of nitrogens with one attached hydrogen (secondary N) is 1. The zero-order valence-electron chi connectivity index (χ0n) is 10.2. The van der Waals surface area contributed by atoms with E-state index in [2.05, 4.69) is 5.32 Å². The van der Waals surface area contributed by atoms with Crippen molar-refractivity contribution in [3.8, 4) is 0 Å². The van der Waals surface area contributed by atoms with E-state index in [9.17, 15) is 10.1 Å². The number of nitro groups is 1. The van der Waals surface area contributed by atoms with Gasteiger partial charge in [-0.2, -0.15) is 0 Å². The lowest BCUT2D eigenvalue weighted by molar-refractivity contribution is -0.385. The van der Waals surface area contributed by atoms with Gasteiger partial charge in [0, 0.05) is 35.9 Å². The van der Waals surface area contributed by atoms with Crippen LogP contribution in [0, 0.1) is 23.0 Å². The van der Waals surface area contributed by atoms with Crippen molar-refractivity contribution in [2.45, 2.75) is 19.4 Å². The molecule has 0 heterocycles. The maximum atomic E-state index is 10.7. The lowest BCUT2D eigenvalue weighted by Crippen LogP contribution is -2.16. The molecule has 0 saturated carbocycles. The van der Waals surface area contributed by atoms with Crippen molar-refractivity contribution in [1.29, 1.82) is 0 Å². The number of nitrogens with zero attached hydrogens (tertiary/aromatic N) is 1. The Morgan fingerprint density at radius 2 is 2.28 bits per heavy atom. The highest BCUT2D eigenvalue weighted by Gasteiger charge is 2.18. The number of benzene rings is 1. The second kappa shape index (κ2) is 5.18. The Morgan fingerprint density at radius 1 is 1.50 bits per heavy atom. The van der Waals surface area contributed by atoms with E-state index in [1.807, 2.05) is 12.2 Å². The second-order valence-electron chi connectivity index (χ2n) is 4.57. The van der Waals surface area contributed by atoms with Crippen molar-refractivity contribution in [2.75, 3.05) is 11.9 Å². The van der Waals surface area contributed by atoms with Crippen LogP contribution in [-0.2, 0) is 0 Å². The van der Waals surface area contributed by atoms with E-state index in [1.165, 1.54) is 6.07 Å². The van der Waals surface area contributed by atoms with E-state index < -0.39 is 0 Å². The minimum atomic E-state index is -0.379. The van der Waals surface area contributed by atoms with Crippen molar-refractivity contribution < 1.29 is 10.0 Å². The molecule has 0 aliphatic heterocycles. The summed E-state index contributed by atoms with van der Waals surface area (Å²) in [6.07, 6.45) is 4.88. The molecule has 1 aromatic rings. The predicted octanol–water partition coefficient (Wildman–Crippen LogP) is 2.25. The molecule has 2 N–H and O–H groups in total. The SMILES string of the molecule is Cc1cc(N[C@H]2C=C[C@@H](CO)C2)ccc1[N+](=O)[O-]. The zero-order chi connectivity index (χ0) is 13.1. The van der Waals surface area contributed by atoms with Gasteiger partial charge in [0.05, 0.1) is 4.92 Å². The molecule has 1 aliphatic carbocycles. The molecule has 0 amide bonds. The summed E-state index contributed by atoms with van der Waals surface area (Å²) in [5, 5.41) is 23.0. The molecule has 0 aromatic heterocycles. The molecule has 0 radical (unpaired) electrons. The van der Waals surface area contributed by atoms with Gasteiger partial charge in [-0.15, -0.1) is 0 Å². The van der Waals surface area contributed by atoms with Crippen LogP contribution in [-0.4, -0.2) is 22.7 Å². The molecule has 0 unspecified atom stereocenters. The van der Waals surface area contributed by atoms with Crippen LogP contribution in [0.1, 0.15) is 12.0 Å². The van der Waals surface area contributed by atoms with Crippen molar-refractivity contribution in [3.63, 3.8) is 0 Å². The monoisotopic (exact) mass is 248 g/mol. The first kappa shape index (κ1) is 12.6. The van der Waals surface area contributed by atoms with E-state index in [4.69, 9.17) is 5.11 Å². The Labute approximate surface area is 105 Å². The molecule has 0 fully saturated rings. The number of rotatable bonds is 4. The number of aliphatic hydroxyl groups is 1. The molecule has 96 valence electrons. The van der Waals surface area contributed by atoms with Crippen molar-refractivity contribution >= 4 is 11.4 Å². The van der Waals surface area contributed by atoms with Gasteiger partial charge in [0.25, 0.3) is 5.69 Å². The first-order valence-corrected chi connectivity index (χ1v) is 5.91. The third-order valence-corrected chi connectivity index (χ3v) is 3.15. The molecule has 2 atom stereocenters. The summed E-state index contributed by atoms with van der Waals surface area (Å²) in [5.41, 5.74) is 1.65. The fourth-order valence-corrected chi connectivity index (χ4v) is 2.18. The van der Waals surface area contributed by atoms with Gasteiger partial charge in [0.15, 0.2) is 0 Å². The van der Waals surface area contributed by atoms with E-state index in [-0.39, 0.29) is 29.2 Å². The highest BCUT2D eigenvalue weighted by Crippen LogP contribution is 2.25. The summed E-state index contributed by atoms with van der Waals surface area (Å²) in [6, 6.07) is 5.19. The fraction of sp³-hybridized carbons (Fsp3) is 0.385. The molecule has 5 heteroatoms. The largest absolute Gasteiger partial charge is 0.396 e. The fourth-order valence-electron chi connectivity index (χ4n) is 2.18. The summed E-state index contributed by atoms with van der Waals surface area (Å²) in [6.45, 7) is 1.89. The molecule has 1 aromatic carbocycles. The summed E-state index contributed by atoms with van der Waals surface area (Å²) >= 11 is 0. The van der Waals surface area contributed by atoms with Gasteiger partial charge < -0.3 is 10.4 Å². The smallest absolute Gasteiger partial charge is 0.272 e. The Hall–Kier alpha value is -1.88. The molecule has 0 saturated heterocycles. The first-order valence-electron chi connectivity index (χ1n) is 5.91. The van der Waals surface area contributed by atoms with Gasteiger partial charge in [-0.1, -0.05) is 12.2 Å². The normalized spacial score (nSPS) is 22.1. The zero-order valence-corrected chi connectivity index (χ0v) is 10.2. The number of hydrogen-bond donors (Lipinski definition) is 2. The van der Waals surface area contributed by atoms with Crippen LogP contribution in [0.15, 0.2) is 30.4 Å². The van der Waals surface area contributed by atoms with Crippen LogP contribution in [0.5, 0.6) is 0 Å². The molecule has 5 nitrogen and oxygen atoms in total. The Bertz CT molecular complexity index is 485. The van der Waals surface area contributed by atoms with Gasteiger partial charge in [0.1, 0.15) is 0 Å². The summed E-state index contributed by atoms with van der Waals surface area (Å²) in [7, 11) is 0. The van der Waals surface area contributed by atoms with Gasteiger partial charge in [-0.3, -0.25) is 10.1 Å². The molecule has 2 rings (SSSR count). The number of aliphatic hydroxyl groups excluding tert-OH is 1. The van der Waals surface area contributed by atoms with Crippen molar-refractivity contribution in [1.82, 2.24) is 0 Å². The minimum Gasteiger partial charge on any atom is -0.396 e. The average molecular weight is 248 g/mol. The molecule has 18 heavy (non-hydrogen) atoms. The third-order valence-electron chi connectivity index (χ3n) is 3.15. The van der Waals surface area contributed by atoms with Gasteiger partial charge in [0.2, 0.25) is 0 Å². The Balaban J connectivity index is 2.05. The summed E-state index contributed by atoms with van der Waals surface area (Å²) < 4.78 is 0. The Kier molecular flexibility index (Phi) is 3.62. The number of aryl methyl sites for hydroxylation is 1. The van der Waals surface area contributed by atoms with E-state index >= 15 is 0 Å². The molecule has 0 bridgehead atoms. The summed E-state index contributed by atoms with van der Waals surface area (Å²) in [5.74, 6) is 0.210. The van der Waals surface area contributed by atoms with Crippen LogP contribution in [0.3, 0.4) is 0 Å². The van der Waals surface area contributed by atoms with Gasteiger partial charge in [-0.05, 0) is 25.5 Å². The average Bonchev–Trinajstić information content (AvgIpc) is 2.76. The maximum Gasteiger partial charge on any atom is 0.272 e. The van der Waals surface area contributed by atoms with Crippen LogP contribution in [0.4, 0.5) is 11.4 Å². The minimum absolute atomic E-state index is 0.135. The van der Waals surface area contributed by atoms with E-state index in [1.54, 1.807) is 19.1 Å². The molecular weight excluding hydrogens is 232 g/mol. The molecule has 1 aliphatic rings. The second-order valence-corrected chi connectivity index (χ2v) is 4.57. The van der Waals surface area contributed by atoms with Crippen molar-refractivity contribution in [3.05, 3.63) is 46.0 Å². The molecule has 0 spiro atoms. The highest BCUT2D eigenvalue weighted by atomic mass is 16.6. The predicted molar refractivity (Wildman–Crippen MR) is 69.6 cm³/mol. The standard InChI is InChI=1S/C13H16N2O3/c1-9-6-11(4-5-13(9)15(17)18)14-12-3-2-10(7-12)8-16/h2-6,10,12,14,16H,7-8H2,1H3/t10-,12+/m1/s1. The lowest BCUT2D eigenvalue weighted by atomic mass is 10.1. The van der Waals surface area contributed by atoms with Crippen LogP contribution in [0.2, 0.25) is 0 Å². The quantitative estimate of drug-likeness (QED) is 0.487. The van der Waals surface area contributed by atoms with Crippen molar-refractivity contribution in [2.24, 2.45) is 5.92 Å². The summed E-state index contributed by atoms with van der Waals surface area (Å²) in [4.78, 5) is 10.3. The van der Waals surface area contributed by atoms with E-state index in [0.717, 1.165) is 12.1 Å². The van der Waals surface area contributed by atoms with Crippen LogP contribution < -0.4 is 5.32 Å².